The zero-order valence-electron chi connectivity index (χ0n) is 19.4. The van der Waals surface area contributed by atoms with E-state index in [4.69, 9.17) is 9.94 Å². The van der Waals surface area contributed by atoms with E-state index in [1.807, 2.05) is 32.0 Å². The Balaban J connectivity index is 1.74. The Morgan fingerprint density at radius 3 is 2.62 bits per heavy atom. The second-order valence-corrected chi connectivity index (χ2v) is 7.91. The second kappa shape index (κ2) is 9.36. The van der Waals surface area contributed by atoms with Crippen LogP contribution in [0.3, 0.4) is 0 Å². The van der Waals surface area contributed by atoms with Gasteiger partial charge in [-0.15, -0.1) is 4.73 Å². The van der Waals surface area contributed by atoms with Crippen LogP contribution in [0.5, 0.6) is 0 Å². The fraction of sp³-hybridized carbons (Fsp3) is 0.250. The summed E-state index contributed by atoms with van der Waals surface area (Å²) in [4.78, 5) is 42.7. The predicted molar refractivity (Wildman–Crippen MR) is 129 cm³/mol. The predicted octanol–water partition coefficient (Wildman–Crippen LogP) is 2.24. The molecule has 176 valence electrons. The number of pyridine rings is 1. The van der Waals surface area contributed by atoms with Crippen molar-refractivity contribution in [3.63, 3.8) is 0 Å². The molecule has 0 aliphatic carbocycles. The summed E-state index contributed by atoms with van der Waals surface area (Å²) in [6.45, 7) is 5.74. The molecule has 0 aliphatic heterocycles. The third-order valence-corrected chi connectivity index (χ3v) is 5.54. The summed E-state index contributed by atoms with van der Waals surface area (Å²) in [5, 5.41) is 15.2. The van der Waals surface area contributed by atoms with E-state index in [1.54, 1.807) is 25.3 Å². The van der Waals surface area contributed by atoms with E-state index in [1.165, 1.54) is 7.11 Å². The lowest BCUT2D eigenvalue weighted by Gasteiger charge is -2.14. The first-order chi connectivity index (χ1) is 16.3. The lowest BCUT2D eigenvalue weighted by molar-refractivity contribution is 0.0940. The highest BCUT2D eigenvalue weighted by Crippen LogP contribution is 2.27. The van der Waals surface area contributed by atoms with Crippen LogP contribution in [-0.2, 0) is 0 Å². The summed E-state index contributed by atoms with van der Waals surface area (Å²) in [6, 6.07) is 9.28. The number of carbonyl (C=O) groups excluding carboxylic acids is 1. The first-order valence-corrected chi connectivity index (χ1v) is 10.7. The third-order valence-electron chi connectivity index (χ3n) is 5.54. The number of aromatic nitrogens is 4. The molecule has 10 heteroatoms. The largest absolute Gasteiger partial charge is 0.412 e. The smallest absolute Gasteiger partial charge is 0.292 e. The van der Waals surface area contributed by atoms with Crippen LogP contribution in [0.2, 0.25) is 0 Å². The number of hydrogen-bond acceptors (Lipinski definition) is 7. The summed E-state index contributed by atoms with van der Waals surface area (Å²) in [5.74, 6) is -0.0983. The third kappa shape index (κ3) is 4.23. The van der Waals surface area contributed by atoms with Gasteiger partial charge in [0.1, 0.15) is 12.8 Å². The van der Waals surface area contributed by atoms with E-state index < -0.39 is 0 Å². The van der Waals surface area contributed by atoms with Crippen molar-refractivity contribution < 1.29 is 14.7 Å². The van der Waals surface area contributed by atoms with Crippen molar-refractivity contribution in [1.29, 1.82) is 0 Å². The van der Waals surface area contributed by atoms with Gasteiger partial charge >= 0.3 is 0 Å². The molecule has 0 fully saturated rings. The Labute approximate surface area is 195 Å². The van der Waals surface area contributed by atoms with E-state index in [0.29, 0.717) is 33.7 Å². The maximum Gasteiger partial charge on any atom is 0.292 e. The minimum atomic E-state index is -0.336. The van der Waals surface area contributed by atoms with Gasteiger partial charge in [0.05, 0.1) is 17.9 Å². The van der Waals surface area contributed by atoms with E-state index >= 15 is 0 Å². The van der Waals surface area contributed by atoms with Crippen molar-refractivity contribution >= 4 is 28.6 Å². The molecule has 0 bridgehead atoms. The standard InChI is InChI=1S/C24H26N6O4/c1-13-6-5-7-14(2)20(13)17-10-16-12-26-24(29-21(16)30(34-4)23(17)33)28-18-11-19(27-15(18)3)22(32)25-8-9-31/h5-7,10-12,27,31H,8-9H2,1-4H3,(H,25,32)(H,26,28,29). The molecule has 3 aromatic heterocycles. The van der Waals surface area contributed by atoms with Gasteiger partial charge in [-0.05, 0) is 49.6 Å². The van der Waals surface area contributed by atoms with Crippen molar-refractivity contribution in [1.82, 2.24) is 25.0 Å². The monoisotopic (exact) mass is 462 g/mol. The first kappa shape index (κ1) is 23.0. The second-order valence-electron chi connectivity index (χ2n) is 7.91. The maximum absolute atomic E-state index is 13.3. The molecule has 0 atom stereocenters. The number of aliphatic hydroxyl groups excluding tert-OH is 1. The quantitative estimate of drug-likeness (QED) is 0.331. The van der Waals surface area contributed by atoms with Crippen molar-refractivity contribution in [3.8, 4) is 11.1 Å². The Kier molecular flexibility index (Phi) is 6.33. The number of nitrogens with zero attached hydrogens (tertiary/aromatic N) is 3. The number of carbonyl (C=O) groups is 1. The molecular formula is C24H26N6O4. The van der Waals surface area contributed by atoms with Gasteiger partial charge in [0.2, 0.25) is 5.95 Å². The van der Waals surface area contributed by atoms with E-state index in [2.05, 4.69) is 25.6 Å². The zero-order valence-corrected chi connectivity index (χ0v) is 19.4. The number of anilines is 2. The highest BCUT2D eigenvalue weighted by Gasteiger charge is 2.17. The van der Waals surface area contributed by atoms with Gasteiger partial charge in [0, 0.05) is 23.8 Å². The highest BCUT2D eigenvalue weighted by atomic mass is 16.6. The Hall–Kier alpha value is -4.18. The van der Waals surface area contributed by atoms with Gasteiger partial charge in [-0.3, -0.25) is 9.59 Å². The number of rotatable bonds is 7. The van der Waals surface area contributed by atoms with Gasteiger partial charge in [0.25, 0.3) is 11.5 Å². The summed E-state index contributed by atoms with van der Waals surface area (Å²) in [5.41, 5.74) is 4.97. The Morgan fingerprint density at radius 2 is 1.94 bits per heavy atom. The van der Waals surface area contributed by atoms with Gasteiger partial charge in [-0.25, -0.2) is 4.98 Å². The molecule has 0 saturated carbocycles. The lowest BCUT2D eigenvalue weighted by atomic mass is 9.96. The van der Waals surface area contributed by atoms with Crippen LogP contribution >= 0.6 is 0 Å². The number of H-pyrrole nitrogens is 1. The number of amides is 1. The minimum Gasteiger partial charge on any atom is -0.412 e. The minimum absolute atomic E-state index is 0.145. The molecule has 10 nitrogen and oxygen atoms in total. The molecule has 0 spiro atoms. The maximum atomic E-state index is 13.3. The first-order valence-electron chi connectivity index (χ1n) is 10.7. The molecule has 0 aliphatic rings. The van der Waals surface area contributed by atoms with Crippen LogP contribution in [0, 0.1) is 20.8 Å². The number of aliphatic hydroxyl groups is 1. The molecule has 34 heavy (non-hydrogen) atoms. The number of nitrogens with one attached hydrogen (secondary N) is 3. The van der Waals surface area contributed by atoms with Gasteiger partial charge in [0.15, 0.2) is 5.65 Å². The van der Waals surface area contributed by atoms with E-state index in [9.17, 15) is 9.59 Å². The van der Waals surface area contributed by atoms with Crippen molar-refractivity contribution in [2.24, 2.45) is 0 Å². The van der Waals surface area contributed by atoms with Crippen molar-refractivity contribution in [2.75, 3.05) is 25.6 Å². The van der Waals surface area contributed by atoms with Gasteiger partial charge < -0.3 is 25.6 Å². The summed E-state index contributed by atoms with van der Waals surface area (Å²) >= 11 is 0. The average Bonchev–Trinajstić information content (AvgIpc) is 3.18. The number of fused-ring (bicyclic) bond motifs is 1. The Morgan fingerprint density at radius 1 is 1.21 bits per heavy atom. The van der Waals surface area contributed by atoms with Crippen LogP contribution < -0.4 is 21.0 Å². The van der Waals surface area contributed by atoms with Crippen LogP contribution in [0.4, 0.5) is 11.6 Å². The normalized spacial score (nSPS) is 11.0. The van der Waals surface area contributed by atoms with E-state index in [0.717, 1.165) is 21.4 Å². The number of aryl methyl sites for hydroxylation is 3. The molecule has 0 radical (unpaired) electrons. The molecule has 0 unspecified atom stereocenters. The highest BCUT2D eigenvalue weighted by molar-refractivity contribution is 5.94. The van der Waals surface area contributed by atoms with Crippen molar-refractivity contribution in [3.05, 3.63) is 69.4 Å². The summed E-state index contributed by atoms with van der Waals surface area (Å²) in [6.07, 6.45) is 1.62. The molecule has 4 aromatic rings. The number of hydrogen-bond donors (Lipinski definition) is 4. The average molecular weight is 463 g/mol. The summed E-state index contributed by atoms with van der Waals surface area (Å²) in [7, 11) is 1.41. The number of aromatic amines is 1. The zero-order chi connectivity index (χ0) is 24.4. The lowest BCUT2D eigenvalue weighted by Crippen LogP contribution is -2.27. The van der Waals surface area contributed by atoms with Crippen LogP contribution in [0.25, 0.3) is 22.2 Å². The molecule has 3 heterocycles. The van der Waals surface area contributed by atoms with Crippen LogP contribution in [0.15, 0.2) is 41.3 Å². The molecule has 0 saturated heterocycles. The molecular weight excluding hydrogens is 436 g/mol. The van der Waals surface area contributed by atoms with Crippen molar-refractivity contribution in [2.45, 2.75) is 20.8 Å². The fourth-order valence-corrected chi connectivity index (χ4v) is 3.91. The van der Waals surface area contributed by atoms with Gasteiger partial charge in [-0.1, -0.05) is 18.2 Å². The Bertz CT molecular complexity index is 1420. The fourth-order valence-electron chi connectivity index (χ4n) is 3.91. The summed E-state index contributed by atoms with van der Waals surface area (Å²) < 4.78 is 1.15. The molecule has 1 amide bonds. The molecule has 1 aromatic carbocycles. The van der Waals surface area contributed by atoms with Crippen LogP contribution in [-0.4, -0.2) is 51.0 Å². The molecule has 4 rings (SSSR count). The number of benzene rings is 1. The van der Waals surface area contributed by atoms with E-state index in [-0.39, 0.29) is 30.6 Å². The topological polar surface area (TPSA) is 134 Å². The van der Waals surface area contributed by atoms with Crippen LogP contribution in [0.1, 0.15) is 27.3 Å². The van der Waals surface area contributed by atoms with Gasteiger partial charge in [-0.2, -0.15) is 4.98 Å². The SMILES string of the molecule is COn1c(=O)c(-c2c(C)cccc2C)cc2cnc(Nc3cc(C(=O)NCCO)[nH]c3C)nc21. The molecule has 4 N–H and O–H groups in total.